The Labute approximate surface area is 149 Å². The standard InChI is InChI=1S/C22H27FO2/c1-2-3-4-5-6-7-8-9-17-10-12-18(13-11-17)19-14-15-20(22(24)25)21(23)16-19/h10-16H,2-9H2,1H3,(H,24,25). The van der Waals surface area contributed by atoms with Crippen molar-refractivity contribution in [2.45, 2.75) is 58.3 Å². The Morgan fingerprint density at radius 2 is 1.48 bits per heavy atom. The van der Waals surface area contributed by atoms with E-state index >= 15 is 0 Å². The Morgan fingerprint density at radius 3 is 2.08 bits per heavy atom. The number of carbonyl (C=O) groups is 1. The molecule has 2 rings (SSSR count). The number of aryl methyl sites for hydroxylation is 1. The van der Waals surface area contributed by atoms with E-state index in [9.17, 15) is 9.18 Å². The van der Waals surface area contributed by atoms with E-state index in [0.717, 1.165) is 12.0 Å². The fourth-order valence-electron chi connectivity index (χ4n) is 3.02. The third-order valence-corrected chi connectivity index (χ3v) is 4.56. The molecule has 2 nitrogen and oxygen atoms in total. The summed E-state index contributed by atoms with van der Waals surface area (Å²) in [6.45, 7) is 2.23. The number of halogens is 1. The van der Waals surface area contributed by atoms with Gasteiger partial charge in [0, 0.05) is 0 Å². The van der Waals surface area contributed by atoms with Crippen LogP contribution in [0.4, 0.5) is 4.39 Å². The first kappa shape index (κ1) is 19.2. The van der Waals surface area contributed by atoms with E-state index in [4.69, 9.17) is 5.11 Å². The molecule has 0 aliphatic heterocycles. The third kappa shape index (κ3) is 6.00. The highest BCUT2D eigenvalue weighted by molar-refractivity contribution is 5.88. The third-order valence-electron chi connectivity index (χ3n) is 4.56. The largest absolute Gasteiger partial charge is 0.478 e. The highest BCUT2D eigenvalue weighted by Crippen LogP contribution is 2.23. The molecule has 0 unspecified atom stereocenters. The maximum atomic E-state index is 13.8. The molecule has 0 spiro atoms. The Bertz CT molecular complexity index is 677. The van der Waals surface area contributed by atoms with Gasteiger partial charge in [0.15, 0.2) is 0 Å². The summed E-state index contributed by atoms with van der Waals surface area (Å²) in [7, 11) is 0. The van der Waals surface area contributed by atoms with Crippen molar-refractivity contribution in [1.82, 2.24) is 0 Å². The van der Waals surface area contributed by atoms with Gasteiger partial charge in [-0.05, 0) is 41.7 Å². The number of benzene rings is 2. The van der Waals surface area contributed by atoms with E-state index in [1.54, 1.807) is 6.07 Å². The van der Waals surface area contributed by atoms with Gasteiger partial charge in [0.05, 0.1) is 5.56 Å². The molecule has 0 atom stereocenters. The second-order valence-corrected chi connectivity index (χ2v) is 6.57. The molecule has 25 heavy (non-hydrogen) atoms. The molecule has 0 fully saturated rings. The zero-order valence-electron chi connectivity index (χ0n) is 14.9. The molecule has 2 aromatic carbocycles. The normalized spacial score (nSPS) is 10.8. The van der Waals surface area contributed by atoms with E-state index in [1.165, 1.54) is 62.6 Å². The maximum Gasteiger partial charge on any atom is 0.338 e. The van der Waals surface area contributed by atoms with Gasteiger partial charge in [0.2, 0.25) is 0 Å². The van der Waals surface area contributed by atoms with Crippen LogP contribution in [0.1, 0.15) is 67.8 Å². The van der Waals surface area contributed by atoms with Crippen molar-refractivity contribution in [3.05, 3.63) is 59.4 Å². The predicted molar refractivity (Wildman–Crippen MR) is 100 cm³/mol. The van der Waals surface area contributed by atoms with Crippen LogP contribution in [0.25, 0.3) is 11.1 Å². The highest BCUT2D eigenvalue weighted by atomic mass is 19.1. The van der Waals surface area contributed by atoms with Crippen molar-refractivity contribution in [2.24, 2.45) is 0 Å². The maximum absolute atomic E-state index is 13.8. The minimum atomic E-state index is -1.24. The molecule has 134 valence electrons. The van der Waals surface area contributed by atoms with E-state index in [0.29, 0.717) is 5.56 Å². The summed E-state index contributed by atoms with van der Waals surface area (Å²) >= 11 is 0. The lowest BCUT2D eigenvalue weighted by Gasteiger charge is -2.06. The Morgan fingerprint density at radius 1 is 0.880 bits per heavy atom. The second kappa shape index (κ2) is 9.97. The fraction of sp³-hybridized carbons (Fsp3) is 0.409. The summed E-state index contributed by atoms with van der Waals surface area (Å²) in [6.07, 6.45) is 10.2. The van der Waals surface area contributed by atoms with Crippen molar-refractivity contribution in [2.75, 3.05) is 0 Å². The van der Waals surface area contributed by atoms with Crippen LogP contribution in [-0.4, -0.2) is 11.1 Å². The number of carboxylic acids is 1. The van der Waals surface area contributed by atoms with Crippen molar-refractivity contribution in [3.8, 4) is 11.1 Å². The van der Waals surface area contributed by atoms with Gasteiger partial charge < -0.3 is 5.11 Å². The molecule has 0 radical (unpaired) electrons. The molecule has 0 aliphatic rings. The lowest BCUT2D eigenvalue weighted by molar-refractivity contribution is 0.0692. The molecule has 3 heteroatoms. The first-order chi connectivity index (χ1) is 12.1. The summed E-state index contributed by atoms with van der Waals surface area (Å²) in [6, 6.07) is 12.4. The molecule has 0 heterocycles. The molecule has 0 aliphatic carbocycles. The van der Waals surface area contributed by atoms with E-state index in [1.807, 2.05) is 12.1 Å². The smallest absolute Gasteiger partial charge is 0.338 e. The van der Waals surface area contributed by atoms with Gasteiger partial charge >= 0.3 is 5.97 Å². The van der Waals surface area contributed by atoms with Gasteiger partial charge in [-0.3, -0.25) is 0 Å². The quantitative estimate of drug-likeness (QED) is 0.501. The summed E-state index contributed by atoms with van der Waals surface area (Å²) in [5.41, 5.74) is 2.60. The van der Waals surface area contributed by atoms with Crippen molar-refractivity contribution in [1.29, 1.82) is 0 Å². The zero-order chi connectivity index (χ0) is 18.1. The number of carboxylic acid groups (broad SMARTS) is 1. The summed E-state index contributed by atoms with van der Waals surface area (Å²) in [5, 5.41) is 8.89. The minimum Gasteiger partial charge on any atom is -0.478 e. The van der Waals surface area contributed by atoms with Gasteiger partial charge in [-0.1, -0.05) is 75.8 Å². The van der Waals surface area contributed by atoms with E-state index in [-0.39, 0.29) is 5.56 Å². The topological polar surface area (TPSA) is 37.3 Å². The molecule has 0 bridgehead atoms. The molecule has 2 aromatic rings. The van der Waals surface area contributed by atoms with E-state index < -0.39 is 11.8 Å². The van der Waals surface area contributed by atoms with Crippen LogP contribution in [0.15, 0.2) is 42.5 Å². The Balaban J connectivity index is 1.85. The van der Waals surface area contributed by atoms with Gasteiger partial charge in [0.1, 0.15) is 5.82 Å². The van der Waals surface area contributed by atoms with Crippen molar-refractivity contribution in [3.63, 3.8) is 0 Å². The average molecular weight is 342 g/mol. The SMILES string of the molecule is CCCCCCCCCc1ccc(-c2ccc(C(=O)O)c(F)c2)cc1. The van der Waals surface area contributed by atoms with Crippen molar-refractivity contribution >= 4 is 5.97 Å². The lowest BCUT2D eigenvalue weighted by atomic mass is 9.99. The molecule has 0 aromatic heterocycles. The number of hydrogen-bond acceptors (Lipinski definition) is 1. The molecule has 0 amide bonds. The van der Waals surface area contributed by atoms with E-state index in [2.05, 4.69) is 19.1 Å². The van der Waals surface area contributed by atoms with Crippen LogP contribution in [0.5, 0.6) is 0 Å². The summed E-state index contributed by atoms with van der Waals surface area (Å²) in [4.78, 5) is 10.9. The highest BCUT2D eigenvalue weighted by Gasteiger charge is 2.11. The summed E-state index contributed by atoms with van der Waals surface area (Å²) in [5.74, 6) is -1.94. The zero-order valence-corrected chi connectivity index (χ0v) is 14.9. The molecule has 0 saturated carbocycles. The van der Waals surface area contributed by atoms with Crippen LogP contribution in [0.2, 0.25) is 0 Å². The minimum absolute atomic E-state index is 0.292. The molecular formula is C22H27FO2. The second-order valence-electron chi connectivity index (χ2n) is 6.57. The monoisotopic (exact) mass is 342 g/mol. The number of rotatable bonds is 10. The molecular weight excluding hydrogens is 315 g/mol. The molecule has 0 saturated heterocycles. The number of unbranched alkanes of at least 4 members (excludes halogenated alkanes) is 6. The van der Waals surface area contributed by atoms with Gasteiger partial charge in [-0.25, -0.2) is 9.18 Å². The molecule has 1 N–H and O–H groups in total. The van der Waals surface area contributed by atoms with Gasteiger partial charge in [0.25, 0.3) is 0 Å². The van der Waals surface area contributed by atoms with Gasteiger partial charge in [-0.2, -0.15) is 0 Å². The van der Waals surface area contributed by atoms with Crippen LogP contribution in [0, 0.1) is 5.82 Å². The average Bonchev–Trinajstić information content (AvgIpc) is 2.61. The first-order valence-electron chi connectivity index (χ1n) is 9.24. The van der Waals surface area contributed by atoms with Gasteiger partial charge in [-0.15, -0.1) is 0 Å². The lowest BCUT2D eigenvalue weighted by Crippen LogP contribution is -2.00. The van der Waals surface area contributed by atoms with Crippen LogP contribution in [-0.2, 0) is 6.42 Å². The summed E-state index contributed by atoms with van der Waals surface area (Å²) < 4.78 is 13.8. The van der Waals surface area contributed by atoms with Crippen LogP contribution in [0.3, 0.4) is 0 Å². The number of aromatic carboxylic acids is 1. The predicted octanol–water partition coefficient (Wildman–Crippen LogP) is 6.48. The number of hydrogen-bond donors (Lipinski definition) is 1. The first-order valence-corrected chi connectivity index (χ1v) is 9.24. The van der Waals surface area contributed by atoms with Crippen LogP contribution < -0.4 is 0 Å². The fourth-order valence-corrected chi connectivity index (χ4v) is 3.02. The Hall–Kier alpha value is -2.16. The van der Waals surface area contributed by atoms with Crippen LogP contribution >= 0.6 is 0 Å². The Kier molecular flexibility index (Phi) is 7.65. The van der Waals surface area contributed by atoms with Crippen molar-refractivity contribution < 1.29 is 14.3 Å².